The Bertz CT molecular complexity index is 546. The van der Waals surface area contributed by atoms with Crippen LogP contribution in [0, 0.1) is 0 Å². The van der Waals surface area contributed by atoms with Crippen molar-refractivity contribution in [2.24, 2.45) is 0 Å². The van der Waals surface area contributed by atoms with E-state index in [1.165, 1.54) is 38.8 Å². The molecule has 0 aromatic carbocycles. The zero-order valence-corrected chi connectivity index (χ0v) is 15.2. The first-order valence-corrected chi connectivity index (χ1v) is 10.4. The molecule has 1 amide bonds. The smallest absolute Gasteiger partial charge is 0.227 e. The normalized spacial score (nSPS) is 27.7. The average Bonchev–Trinajstić information content (AvgIpc) is 3.29. The van der Waals surface area contributed by atoms with E-state index in [9.17, 15) is 4.79 Å². The van der Waals surface area contributed by atoms with Gasteiger partial charge in [0.05, 0.1) is 12.0 Å². The van der Waals surface area contributed by atoms with Crippen molar-refractivity contribution in [3.05, 3.63) is 22.4 Å². The molecule has 4 nitrogen and oxygen atoms in total. The van der Waals surface area contributed by atoms with Crippen LogP contribution in [0.25, 0.3) is 0 Å². The summed E-state index contributed by atoms with van der Waals surface area (Å²) in [6.45, 7) is 5.15. The molecule has 132 valence electrons. The predicted octanol–water partition coefficient (Wildman–Crippen LogP) is 2.93. The Morgan fingerprint density at radius 2 is 2.04 bits per heavy atom. The number of hydrogen-bond donors (Lipinski definition) is 0. The van der Waals surface area contributed by atoms with E-state index in [0.29, 0.717) is 12.5 Å². The van der Waals surface area contributed by atoms with Gasteiger partial charge in [0, 0.05) is 25.7 Å². The molecule has 3 aliphatic rings. The van der Waals surface area contributed by atoms with Gasteiger partial charge in [0.2, 0.25) is 5.91 Å². The molecule has 3 aliphatic heterocycles. The highest BCUT2D eigenvalue weighted by molar-refractivity contribution is 7.07. The number of carbonyl (C=O) groups is 1. The van der Waals surface area contributed by atoms with Gasteiger partial charge in [-0.1, -0.05) is 0 Å². The molecule has 4 rings (SSSR count). The van der Waals surface area contributed by atoms with Gasteiger partial charge in [-0.2, -0.15) is 11.3 Å². The lowest BCUT2D eigenvalue weighted by atomic mass is 9.81. The number of rotatable bonds is 3. The largest absolute Gasteiger partial charge is 0.375 e. The highest BCUT2D eigenvalue weighted by Crippen LogP contribution is 2.37. The van der Waals surface area contributed by atoms with Crippen molar-refractivity contribution < 1.29 is 9.53 Å². The summed E-state index contributed by atoms with van der Waals surface area (Å²) >= 11 is 1.66. The van der Waals surface area contributed by atoms with Gasteiger partial charge in [0.25, 0.3) is 0 Å². The molecule has 4 heterocycles. The maximum atomic E-state index is 12.5. The third-order valence-corrected chi connectivity index (χ3v) is 6.82. The molecule has 3 fully saturated rings. The minimum absolute atomic E-state index is 0.0324. The van der Waals surface area contributed by atoms with Gasteiger partial charge >= 0.3 is 0 Å². The fourth-order valence-corrected chi connectivity index (χ4v) is 5.28. The molecule has 1 unspecified atom stereocenters. The summed E-state index contributed by atoms with van der Waals surface area (Å²) < 4.78 is 6.27. The maximum absolute atomic E-state index is 12.5. The summed E-state index contributed by atoms with van der Waals surface area (Å²) in [5.74, 6) is 0.273. The minimum Gasteiger partial charge on any atom is -0.375 e. The zero-order valence-electron chi connectivity index (χ0n) is 14.4. The Hall–Kier alpha value is -0.910. The molecule has 0 radical (unpaired) electrons. The molecule has 0 saturated carbocycles. The lowest BCUT2D eigenvalue weighted by molar-refractivity contribution is -0.148. The Morgan fingerprint density at radius 1 is 1.25 bits per heavy atom. The first-order chi connectivity index (χ1) is 11.7. The van der Waals surface area contributed by atoms with Crippen LogP contribution in [0.3, 0.4) is 0 Å². The van der Waals surface area contributed by atoms with Gasteiger partial charge in [0.1, 0.15) is 0 Å². The summed E-state index contributed by atoms with van der Waals surface area (Å²) in [5, 5.41) is 4.12. The average molecular weight is 349 g/mol. The van der Waals surface area contributed by atoms with Gasteiger partial charge in [-0.3, -0.25) is 4.79 Å². The molecule has 24 heavy (non-hydrogen) atoms. The van der Waals surface area contributed by atoms with E-state index in [2.05, 4.69) is 16.3 Å². The molecule has 0 aliphatic carbocycles. The number of amides is 1. The number of likely N-dealkylation sites (tertiary alicyclic amines) is 2. The van der Waals surface area contributed by atoms with Gasteiger partial charge in [-0.05, 0) is 74.0 Å². The van der Waals surface area contributed by atoms with Crippen molar-refractivity contribution >= 4 is 17.2 Å². The van der Waals surface area contributed by atoms with Crippen LogP contribution in [0.2, 0.25) is 0 Å². The second-order valence-corrected chi connectivity index (χ2v) is 8.39. The molecular formula is C19H28N2O2S. The fraction of sp³-hybridized carbons (Fsp3) is 0.737. The molecular weight excluding hydrogens is 320 g/mol. The van der Waals surface area contributed by atoms with E-state index < -0.39 is 0 Å². The van der Waals surface area contributed by atoms with Crippen molar-refractivity contribution in [3.8, 4) is 0 Å². The monoisotopic (exact) mass is 348 g/mol. The van der Waals surface area contributed by atoms with Crippen molar-refractivity contribution in [2.75, 3.05) is 32.8 Å². The molecule has 5 heteroatoms. The number of carbonyl (C=O) groups excluding carboxylic acids is 1. The first-order valence-electron chi connectivity index (χ1n) is 9.41. The molecule has 0 bridgehead atoms. The third-order valence-electron chi connectivity index (χ3n) is 6.09. The minimum atomic E-state index is 0.0324. The van der Waals surface area contributed by atoms with Crippen LogP contribution in [0.15, 0.2) is 16.8 Å². The SMILES string of the molecule is O=C(Cc1ccsc1)N1CCC2(CC1)CC(N1CCCC1)CCO2. The summed E-state index contributed by atoms with van der Waals surface area (Å²) in [7, 11) is 0. The van der Waals surface area contributed by atoms with Gasteiger partial charge in [0.15, 0.2) is 0 Å². The Labute approximate surface area is 148 Å². The number of thiophene rings is 1. The molecule has 0 N–H and O–H groups in total. The van der Waals surface area contributed by atoms with Crippen LogP contribution < -0.4 is 0 Å². The molecule has 1 aromatic rings. The molecule has 3 saturated heterocycles. The standard InChI is InChI=1S/C19H28N2O2S/c22-18(13-16-4-12-24-15-16)21-9-5-19(6-10-21)14-17(3-11-23-19)20-7-1-2-8-20/h4,12,15,17H,1-3,5-11,13-14H2. The second-order valence-electron chi connectivity index (χ2n) is 7.61. The van der Waals surface area contributed by atoms with E-state index >= 15 is 0 Å². The molecule has 1 atom stereocenters. The van der Waals surface area contributed by atoms with Crippen molar-refractivity contribution in [2.45, 2.75) is 56.6 Å². The molecule has 1 aromatic heterocycles. The second kappa shape index (κ2) is 7.14. The van der Waals surface area contributed by atoms with Gasteiger partial charge in [-0.25, -0.2) is 0 Å². The van der Waals surface area contributed by atoms with E-state index in [4.69, 9.17) is 4.74 Å². The summed E-state index contributed by atoms with van der Waals surface area (Å²) in [4.78, 5) is 17.2. The highest BCUT2D eigenvalue weighted by atomic mass is 32.1. The maximum Gasteiger partial charge on any atom is 0.227 e. The zero-order chi connectivity index (χ0) is 16.4. The van der Waals surface area contributed by atoms with Crippen molar-refractivity contribution in [3.63, 3.8) is 0 Å². The lowest BCUT2D eigenvalue weighted by Gasteiger charge is -2.48. The van der Waals surface area contributed by atoms with Crippen LogP contribution >= 0.6 is 11.3 Å². The van der Waals surface area contributed by atoms with Crippen molar-refractivity contribution in [1.82, 2.24) is 9.80 Å². The van der Waals surface area contributed by atoms with Crippen LogP contribution in [0.5, 0.6) is 0 Å². The van der Waals surface area contributed by atoms with Gasteiger partial charge < -0.3 is 14.5 Å². The molecule has 1 spiro atoms. The van der Waals surface area contributed by atoms with E-state index in [-0.39, 0.29) is 11.5 Å². The topological polar surface area (TPSA) is 32.8 Å². The Kier molecular flexibility index (Phi) is 4.93. The predicted molar refractivity (Wildman–Crippen MR) is 96.3 cm³/mol. The quantitative estimate of drug-likeness (QED) is 0.842. The number of ether oxygens (including phenoxy) is 1. The van der Waals surface area contributed by atoms with E-state index in [0.717, 1.165) is 38.1 Å². The lowest BCUT2D eigenvalue weighted by Crippen LogP contribution is -2.54. The van der Waals surface area contributed by atoms with E-state index in [1.54, 1.807) is 11.3 Å². The summed E-state index contributed by atoms with van der Waals surface area (Å²) in [6.07, 6.45) is 7.62. The number of hydrogen-bond acceptors (Lipinski definition) is 4. The Balaban J connectivity index is 1.32. The van der Waals surface area contributed by atoms with Gasteiger partial charge in [-0.15, -0.1) is 0 Å². The Morgan fingerprint density at radius 3 is 2.75 bits per heavy atom. The van der Waals surface area contributed by atoms with Crippen LogP contribution in [0.1, 0.15) is 44.1 Å². The summed E-state index contributed by atoms with van der Waals surface area (Å²) in [6, 6.07) is 2.76. The third kappa shape index (κ3) is 3.53. The fourth-order valence-electron chi connectivity index (χ4n) is 4.61. The number of nitrogens with zero attached hydrogens (tertiary/aromatic N) is 2. The number of piperidine rings is 1. The van der Waals surface area contributed by atoms with Crippen LogP contribution in [0.4, 0.5) is 0 Å². The van der Waals surface area contributed by atoms with Crippen LogP contribution in [-0.2, 0) is 16.0 Å². The van der Waals surface area contributed by atoms with Crippen molar-refractivity contribution in [1.29, 1.82) is 0 Å². The van der Waals surface area contributed by atoms with Crippen LogP contribution in [-0.4, -0.2) is 60.1 Å². The highest BCUT2D eigenvalue weighted by Gasteiger charge is 2.42. The van der Waals surface area contributed by atoms with E-state index in [1.807, 2.05) is 10.3 Å². The summed E-state index contributed by atoms with van der Waals surface area (Å²) in [5.41, 5.74) is 1.18. The first kappa shape index (κ1) is 16.6.